The number of anilines is 4. The fourth-order valence-electron chi connectivity index (χ4n) is 4.74. The Balaban J connectivity index is 1.36. The summed E-state index contributed by atoms with van der Waals surface area (Å²) >= 11 is 4.30. The molecule has 0 bridgehead atoms. The van der Waals surface area contributed by atoms with E-state index in [2.05, 4.69) is 9.44 Å². The highest BCUT2D eigenvalue weighted by Gasteiger charge is 2.29. The molecule has 5 aromatic rings. The van der Waals surface area contributed by atoms with Crippen LogP contribution in [0.3, 0.4) is 0 Å². The molecule has 2 aromatic heterocycles. The molecule has 0 aliphatic carbocycles. The Bertz CT molecular complexity index is 1620. The van der Waals surface area contributed by atoms with Crippen LogP contribution in [0, 0.1) is 0 Å². The maximum Gasteiger partial charge on any atom is 0.270 e. The van der Waals surface area contributed by atoms with Gasteiger partial charge in [0.25, 0.3) is 11.8 Å². The number of benzene rings is 3. The molecule has 3 heterocycles. The second-order valence-corrected chi connectivity index (χ2v) is 12.7. The van der Waals surface area contributed by atoms with Gasteiger partial charge in [0.1, 0.15) is 0 Å². The van der Waals surface area contributed by atoms with Crippen molar-refractivity contribution in [2.45, 2.75) is 25.7 Å². The standard InChI is InChI=1S/C30H24F4N4S3/c1-29(31,32)17-7-3-15(4-8-17)19-11-13-21(39-19)23-25(35)26(36)24(28-27(23)37-41-38-28)22-14-12-20(40-22)16-5-9-18(10-6-16)30(2,33)34/h3-14,37-38H,35-36H2,1-2H3. The summed E-state index contributed by atoms with van der Waals surface area (Å²) < 4.78 is 61.2. The number of hydrogen-bond donors (Lipinski definition) is 4. The minimum atomic E-state index is -2.90. The van der Waals surface area contributed by atoms with E-state index in [1.54, 1.807) is 24.3 Å². The molecule has 210 valence electrons. The maximum atomic E-state index is 13.7. The van der Waals surface area contributed by atoms with E-state index in [0.29, 0.717) is 11.4 Å². The lowest BCUT2D eigenvalue weighted by atomic mass is 9.99. The third kappa shape index (κ3) is 5.02. The van der Waals surface area contributed by atoms with E-state index in [1.165, 1.54) is 59.1 Å². The summed E-state index contributed by atoms with van der Waals surface area (Å²) in [6, 6.07) is 20.3. The maximum absolute atomic E-state index is 13.7. The van der Waals surface area contributed by atoms with Crippen LogP contribution in [0.1, 0.15) is 25.0 Å². The van der Waals surface area contributed by atoms with Gasteiger partial charge in [-0.25, -0.2) is 17.6 Å². The lowest BCUT2D eigenvalue weighted by Gasteiger charge is -2.17. The van der Waals surface area contributed by atoms with Crippen LogP contribution in [0.15, 0.2) is 72.8 Å². The van der Waals surface area contributed by atoms with Gasteiger partial charge in [0, 0.05) is 55.6 Å². The Hall–Kier alpha value is -3.67. The van der Waals surface area contributed by atoms with Crippen molar-refractivity contribution < 1.29 is 17.6 Å². The molecule has 1 aliphatic rings. The third-order valence-electron chi connectivity index (χ3n) is 6.94. The first-order valence-corrected chi connectivity index (χ1v) is 15.0. The SMILES string of the molecule is CC(F)(F)c1ccc(-c2ccc(-c3c(N)c(N)c(-c4ccc(-c5ccc(C(C)(F)F)cc5)s4)c4c3NSN4)s2)cc1. The first kappa shape index (κ1) is 27.5. The highest BCUT2D eigenvalue weighted by atomic mass is 32.2. The van der Waals surface area contributed by atoms with Crippen LogP contribution >= 0.6 is 34.8 Å². The fraction of sp³-hybridized carbons (Fsp3) is 0.133. The van der Waals surface area contributed by atoms with Gasteiger partial charge in [0.05, 0.1) is 34.9 Å². The van der Waals surface area contributed by atoms with Crippen LogP contribution in [-0.4, -0.2) is 0 Å². The number of nitrogens with one attached hydrogen (secondary N) is 2. The number of alkyl halides is 4. The molecule has 0 amide bonds. The van der Waals surface area contributed by atoms with Gasteiger partial charge in [-0.1, -0.05) is 48.5 Å². The average molecular weight is 613 g/mol. The van der Waals surface area contributed by atoms with E-state index < -0.39 is 11.8 Å². The summed E-state index contributed by atoms with van der Waals surface area (Å²) in [7, 11) is 0. The Morgan fingerprint density at radius 2 is 0.878 bits per heavy atom. The van der Waals surface area contributed by atoms with Crippen LogP contribution in [0.25, 0.3) is 41.8 Å². The predicted molar refractivity (Wildman–Crippen MR) is 167 cm³/mol. The van der Waals surface area contributed by atoms with Gasteiger partial charge in [0.15, 0.2) is 0 Å². The zero-order valence-electron chi connectivity index (χ0n) is 21.8. The molecule has 0 saturated heterocycles. The van der Waals surface area contributed by atoms with Crippen molar-refractivity contribution in [2.75, 3.05) is 20.9 Å². The van der Waals surface area contributed by atoms with Gasteiger partial charge in [0.2, 0.25) is 0 Å². The lowest BCUT2D eigenvalue weighted by Crippen LogP contribution is -2.06. The van der Waals surface area contributed by atoms with Crippen molar-refractivity contribution in [1.82, 2.24) is 0 Å². The largest absolute Gasteiger partial charge is 0.396 e. The Morgan fingerprint density at radius 3 is 1.22 bits per heavy atom. The average Bonchev–Trinajstić information content (AvgIpc) is 3.70. The van der Waals surface area contributed by atoms with Crippen molar-refractivity contribution in [3.05, 3.63) is 83.9 Å². The molecule has 0 unspecified atom stereocenters. The molecule has 41 heavy (non-hydrogen) atoms. The summed E-state index contributed by atoms with van der Waals surface area (Å²) in [6.45, 7) is 1.76. The van der Waals surface area contributed by atoms with E-state index >= 15 is 0 Å². The molecule has 11 heteroatoms. The summed E-state index contributed by atoms with van der Waals surface area (Å²) in [5, 5.41) is 0. The van der Waals surface area contributed by atoms with Gasteiger partial charge >= 0.3 is 0 Å². The van der Waals surface area contributed by atoms with Gasteiger partial charge < -0.3 is 20.9 Å². The molecule has 0 atom stereocenters. The normalized spacial score (nSPS) is 13.1. The van der Waals surface area contributed by atoms with Gasteiger partial charge in [-0.2, -0.15) is 0 Å². The van der Waals surface area contributed by atoms with Crippen LogP contribution in [0.5, 0.6) is 0 Å². The summed E-state index contributed by atoms with van der Waals surface area (Å²) in [5.74, 6) is -5.80. The van der Waals surface area contributed by atoms with E-state index in [0.717, 1.165) is 67.0 Å². The molecule has 6 rings (SSSR count). The van der Waals surface area contributed by atoms with E-state index in [-0.39, 0.29) is 11.1 Å². The van der Waals surface area contributed by atoms with Crippen molar-refractivity contribution in [2.24, 2.45) is 0 Å². The highest BCUT2D eigenvalue weighted by molar-refractivity contribution is 8.02. The van der Waals surface area contributed by atoms with Gasteiger partial charge in [-0.05, 0) is 35.4 Å². The molecule has 0 spiro atoms. The van der Waals surface area contributed by atoms with Crippen molar-refractivity contribution in [3.8, 4) is 41.8 Å². The van der Waals surface area contributed by atoms with Crippen LogP contribution in [0.4, 0.5) is 40.3 Å². The molecule has 3 aromatic carbocycles. The van der Waals surface area contributed by atoms with Crippen LogP contribution in [-0.2, 0) is 11.8 Å². The summed E-state index contributed by atoms with van der Waals surface area (Å²) in [6.07, 6.45) is 0. The monoisotopic (exact) mass is 612 g/mol. The Morgan fingerprint density at radius 1 is 0.537 bits per heavy atom. The smallest absolute Gasteiger partial charge is 0.270 e. The topological polar surface area (TPSA) is 76.1 Å². The summed E-state index contributed by atoms with van der Waals surface area (Å²) in [5.41, 5.74) is 18.9. The fourth-order valence-corrected chi connectivity index (χ4v) is 7.56. The number of thiophene rings is 2. The number of nitrogen functional groups attached to an aromatic ring is 2. The van der Waals surface area contributed by atoms with Gasteiger partial charge in [-0.3, -0.25) is 0 Å². The van der Waals surface area contributed by atoms with Crippen LogP contribution < -0.4 is 20.9 Å². The lowest BCUT2D eigenvalue weighted by molar-refractivity contribution is 0.0168. The first-order chi connectivity index (χ1) is 19.4. The first-order valence-electron chi connectivity index (χ1n) is 12.5. The zero-order valence-corrected chi connectivity index (χ0v) is 24.3. The number of nitrogens with two attached hydrogens (primary N) is 2. The molecular formula is C30H24F4N4S3. The molecular weight excluding hydrogens is 589 g/mol. The zero-order chi connectivity index (χ0) is 29.1. The molecule has 0 radical (unpaired) electrons. The number of halogens is 4. The number of hydrogen-bond acceptors (Lipinski definition) is 7. The van der Waals surface area contributed by atoms with Crippen molar-refractivity contribution in [3.63, 3.8) is 0 Å². The van der Waals surface area contributed by atoms with E-state index in [1.807, 2.05) is 24.3 Å². The quantitative estimate of drug-likeness (QED) is 0.0872. The third-order valence-corrected chi connectivity index (χ3v) is 9.86. The minimum Gasteiger partial charge on any atom is -0.396 e. The molecule has 1 aliphatic heterocycles. The summed E-state index contributed by atoms with van der Waals surface area (Å²) in [4.78, 5) is 3.59. The Labute approximate surface area is 246 Å². The molecule has 0 saturated carbocycles. The van der Waals surface area contributed by atoms with Gasteiger partial charge in [-0.15, -0.1) is 22.7 Å². The highest BCUT2D eigenvalue weighted by Crippen LogP contribution is 2.56. The number of fused-ring (bicyclic) bond motifs is 1. The predicted octanol–water partition coefficient (Wildman–Crippen LogP) is 10.3. The van der Waals surface area contributed by atoms with Crippen LogP contribution in [0.2, 0.25) is 0 Å². The Kier molecular flexibility index (Phi) is 6.71. The number of rotatable bonds is 6. The molecule has 0 fully saturated rings. The van der Waals surface area contributed by atoms with Crippen molar-refractivity contribution in [1.29, 1.82) is 0 Å². The van der Waals surface area contributed by atoms with Crippen molar-refractivity contribution >= 4 is 57.6 Å². The minimum absolute atomic E-state index is 0.0352. The second-order valence-electron chi connectivity index (χ2n) is 9.89. The van der Waals surface area contributed by atoms with E-state index in [4.69, 9.17) is 11.5 Å². The molecule has 6 N–H and O–H groups in total. The van der Waals surface area contributed by atoms with E-state index in [9.17, 15) is 17.6 Å². The molecule has 4 nitrogen and oxygen atoms in total. The second kappa shape index (κ2) is 10.0.